The molecule has 0 saturated carbocycles. The maximum Gasteiger partial charge on any atom is 0.323 e. The molecular formula is C9H15N3O3S. The summed E-state index contributed by atoms with van der Waals surface area (Å²) in [5, 5.41) is 24.7. The van der Waals surface area contributed by atoms with Crippen LogP contribution in [0.4, 0.5) is 5.69 Å². The number of hydrogen-bond acceptors (Lipinski definition) is 5. The lowest BCUT2D eigenvalue weighted by atomic mass is 10.3. The van der Waals surface area contributed by atoms with Crippen molar-refractivity contribution in [1.29, 1.82) is 0 Å². The number of aryl methyl sites for hydroxylation is 2. The molecule has 1 heterocycles. The van der Waals surface area contributed by atoms with Crippen LogP contribution in [0.2, 0.25) is 0 Å². The molecule has 1 rings (SSSR count). The SMILES string of the molecule is Cc1nn(C)c(SC(C)C(C)O)c1[N+](=O)[O-]. The Morgan fingerprint density at radius 3 is 2.56 bits per heavy atom. The highest BCUT2D eigenvalue weighted by Crippen LogP contribution is 2.34. The summed E-state index contributed by atoms with van der Waals surface area (Å²) < 4.78 is 1.48. The number of nitro groups is 1. The molecule has 90 valence electrons. The van der Waals surface area contributed by atoms with Crippen molar-refractivity contribution in [3.05, 3.63) is 15.8 Å². The van der Waals surface area contributed by atoms with Crippen LogP contribution in [0.15, 0.2) is 5.03 Å². The smallest absolute Gasteiger partial charge is 0.323 e. The van der Waals surface area contributed by atoms with Gasteiger partial charge in [-0.3, -0.25) is 14.8 Å². The minimum atomic E-state index is -0.528. The van der Waals surface area contributed by atoms with Crippen LogP contribution in [0, 0.1) is 17.0 Å². The van der Waals surface area contributed by atoms with Gasteiger partial charge in [0.05, 0.1) is 11.0 Å². The van der Waals surface area contributed by atoms with Gasteiger partial charge in [0.2, 0.25) is 0 Å². The highest BCUT2D eigenvalue weighted by molar-refractivity contribution is 8.00. The molecule has 0 spiro atoms. The standard InChI is InChI=1S/C9H15N3O3S/c1-5-8(12(14)15)9(11(4)10-5)16-7(3)6(2)13/h6-7,13H,1-4H3. The molecule has 7 heteroatoms. The summed E-state index contributed by atoms with van der Waals surface area (Å²) in [6.45, 7) is 5.09. The molecule has 0 aliphatic heterocycles. The summed E-state index contributed by atoms with van der Waals surface area (Å²) in [5.74, 6) is 0. The summed E-state index contributed by atoms with van der Waals surface area (Å²) in [6.07, 6.45) is -0.528. The van der Waals surface area contributed by atoms with Crippen molar-refractivity contribution < 1.29 is 10.0 Å². The number of thioether (sulfide) groups is 1. The third kappa shape index (κ3) is 2.53. The molecule has 2 atom stereocenters. The van der Waals surface area contributed by atoms with Gasteiger partial charge in [-0.1, -0.05) is 18.7 Å². The Kier molecular flexibility index (Phi) is 3.93. The minimum Gasteiger partial charge on any atom is -0.392 e. The van der Waals surface area contributed by atoms with Crippen molar-refractivity contribution >= 4 is 17.4 Å². The Balaban J connectivity index is 3.07. The van der Waals surface area contributed by atoms with E-state index in [0.29, 0.717) is 10.7 Å². The van der Waals surface area contributed by atoms with E-state index >= 15 is 0 Å². The van der Waals surface area contributed by atoms with Gasteiger partial charge in [-0.25, -0.2) is 0 Å². The Bertz CT molecular complexity index is 403. The van der Waals surface area contributed by atoms with Gasteiger partial charge in [-0.15, -0.1) is 0 Å². The topological polar surface area (TPSA) is 81.2 Å². The van der Waals surface area contributed by atoms with E-state index in [1.165, 1.54) is 16.4 Å². The number of rotatable bonds is 4. The Morgan fingerprint density at radius 1 is 1.56 bits per heavy atom. The number of aliphatic hydroxyl groups is 1. The van der Waals surface area contributed by atoms with Crippen molar-refractivity contribution in [2.45, 2.75) is 37.2 Å². The molecule has 6 nitrogen and oxygen atoms in total. The molecule has 0 aromatic carbocycles. The highest BCUT2D eigenvalue weighted by Gasteiger charge is 2.26. The van der Waals surface area contributed by atoms with Crippen LogP contribution in [0.3, 0.4) is 0 Å². The van der Waals surface area contributed by atoms with Crippen LogP contribution in [-0.4, -0.2) is 31.2 Å². The van der Waals surface area contributed by atoms with Gasteiger partial charge in [-0.2, -0.15) is 5.10 Å². The molecule has 1 aromatic rings. The molecule has 0 bridgehead atoms. The number of nitrogens with zero attached hydrogens (tertiary/aromatic N) is 3. The first-order chi connectivity index (χ1) is 7.34. The second-order valence-electron chi connectivity index (χ2n) is 3.68. The van der Waals surface area contributed by atoms with E-state index < -0.39 is 11.0 Å². The summed E-state index contributed by atoms with van der Waals surface area (Å²) >= 11 is 1.26. The molecule has 1 N–H and O–H groups in total. The van der Waals surface area contributed by atoms with Gasteiger partial charge in [0.25, 0.3) is 0 Å². The van der Waals surface area contributed by atoms with E-state index in [-0.39, 0.29) is 10.9 Å². The molecule has 2 unspecified atom stereocenters. The monoisotopic (exact) mass is 245 g/mol. The molecular weight excluding hydrogens is 230 g/mol. The van der Waals surface area contributed by atoms with Gasteiger partial charge < -0.3 is 5.11 Å². The number of hydrogen-bond donors (Lipinski definition) is 1. The molecule has 0 aliphatic carbocycles. The second kappa shape index (κ2) is 4.84. The van der Waals surface area contributed by atoms with Crippen LogP contribution in [0.1, 0.15) is 19.5 Å². The zero-order valence-corrected chi connectivity index (χ0v) is 10.5. The Labute approximate surface area is 97.8 Å². The quantitative estimate of drug-likeness (QED) is 0.494. The fourth-order valence-electron chi connectivity index (χ4n) is 1.24. The maximum absolute atomic E-state index is 10.9. The van der Waals surface area contributed by atoms with E-state index in [2.05, 4.69) is 5.10 Å². The fourth-order valence-corrected chi connectivity index (χ4v) is 2.32. The van der Waals surface area contributed by atoms with Crippen molar-refractivity contribution in [2.24, 2.45) is 7.05 Å². The fraction of sp³-hybridized carbons (Fsp3) is 0.667. The molecule has 1 aromatic heterocycles. The molecule has 16 heavy (non-hydrogen) atoms. The normalized spacial score (nSPS) is 14.8. The van der Waals surface area contributed by atoms with Crippen LogP contribution in [0.25, 0.3) is 0 Å². The first-order valence-corrected chi connectivity index (χ1v) is 5.75. The first-order valence-electron chi connectivity index (χ1n) is 4.87. The van der Waals surface area contributed by atoms with Gasteiger partial charge in [0.15, 0.2) is 5.03 Å². The van der Waals surface area contributed by atoms with Crippen molar-refractivity contribution in [3.63, 3.8) is 0 Å². The molecule has 0 aliphatic rings. The van der Waals surface area contributed by atoms with Crippen LogP contribution in [0.5, 0.6) is 0 Å². The zero-order chi connectivity index (χ0) is 12.5. The van der Waals surface area contributed by atoms with Crippen LogP contribution < -0.4 is 0 Å². The lowest BCUT2D eigenvalue weighted by Crippen LogP contribution is -2.15. The van der Waals surface area contributed by atoms with Crippen LogP contribution >= 0.6 is 11.8 Å². The van der Waals surface area contributed by atoms with E-state index in [1.807, 2.05) is 6.92 Å². The molecule has 0 saturated heterocycles. The Hall–Kier alpha value is -1.08. The van der Waals surface area contributed by atoms with Gasteiger partial charge in [0, 0.05) is 12.3 Å². The summed E-state index contributed by atoms with van der Waals surface area (Å²) in [6, 6.07) is 0. The average molecular weight is 245 g/mol. The Morgan fingerprint density at radius 2 is 2.12 bits per heavy atom. The van der Waals surface area contributed by atoms with Crippen LogP contribution in [-0.2, 0) is 7.05 Å². The minimum absolute atomic E-state index is 0.0278. The van der Waals surface area contributed by atoms with Gasteiger partial charge in [0.1, 0.15) is 5.69 Å². The van der Waals surface area contributed by atoms with E-state index in [4.69, 9.17) is 0 Å². The van der Waals surface area contributed by atoms with Gasteiger partial charge >= 0.3 is 5.69 Å². The third-order valence-corrected chi connectivity index (χ3v) is 3.75. The van der Waals surface area contributed by atoms with Crippen molar-refractivity contribution in [3.8, 4) is 0 Å². The number of aliphatic hydroxyl groups excluding tert-OH is 1. The summed E-state index contributed by atoms with van der Waals surface area (Å²) in [5.41, 5.74) is 0.424. The third-order valence-electron chi connectivity index (χ3n) is 2.30. The summed E-state index contributed by atoms with van der Waals surface area (Å²) in [4.78, 5) is 10.5. The number of aromatic nitrogens is 2. The lowest BCUT2D eigenvalue weighted by molar-refractivity contribution is -0.388. The first kappa shape index (κ1) is 13.0. The van der Waals surface area contributed by atoms with E-state index in [1.54, 1.807) is 20.9 Å². The zero-order valence-electron chi connectivity index (χ0n) is 9.67. The van der Waals surface area contributed by atoms with Crippen molar-refractivity contribution in [2.75, 3.05) is 0 Å². The lowest BCUT2D eigenvalue weighted by Gasteiger charge is -2.13. The molecule has 0 fully saturated rings. The molecule has 0 amide bonds. The second-order valence-corrected chi connectivity index (χ2v) is 5.05. The van der Waals surface area contributed by atoms with Gasteiger partial charge in [-0.05, 0) is 13.8 Å². The largest absolute Gasteiger partial charge is 0.392 e. The van der Waals surface area contributed by atoms with Crippen molar-refractivity contribution in [1.82, 2.24) is 9.78 Å². The molecule has 0 radical (unpaired) electrons. The average Bonchev–Trinajstić information content (AvgIpc) is 2.41. The van der Waals surface area contributed by atoms with E-state index in [9.17, 15) is 15.2 Å². The highest BCUT2D eigenvalue weighted by atomic mass is 32.2. The predicted molar refractivity (Wildman–Crippen MR) is 61.6 cm³/mol. The maximum atomic E-state index is 10.9. The summed E-state index contributed by atoms with van der Waals surface area (Å²) in [7, 11) is 1.66. The van der Waals surface area contributed by atoms with E-state index in [0.717, 1.165) is 0 Å². The predicted octanol–water partition coefficient (Wildman–Crippen LogP) is 1.50.